The van der Waals surface area contributed by atoms with E-state index in [2.05, 4.69) is 9.72 Å². The van der Waals surface area contributed by atoms with Gasteiger partial charge in [0.1, 0.15) is 5.75 Å². The van der Waals surface area contributed by atoms with Crippen LogP contribution in [0.5, 0.6) is 5.75 Å². The SMILES string of the molecule is O=Cc1nc(-c2ccc(OC(F)(F)F)cc2)cs1. The zero-order valence-corrected chi connectivity index (χ0v) is 9.59. The summed E-state index contributed by atoms with van der Waals surface area (Å²) in [5.74, 6) is -0.294. The molecule has 0 bridgehead atoms. The lowest BCUT2D eigenvalue weighted by Crippen LogP contribution is -2.16. The molecule has 94 valence electrons. The summed E-state index contributed by atoms with van der Waals surface area (Å²) in [5.41, 5.74) is 1.16. The van der Waals surface area contributed by atoms with Crippen LogP contribution in [0, 0.1) is 0 Å². The number of alkyl halides is 3. The number of nitrogens with zero attached hydrogens (tertiary/aromatic N) is 1. The van der Waals surface area contributed by atoms with E-state index in [1.807, 2.05) is 0 Å². The van der Waals surface area contributed by atoms with Crippen molar-refractivity contribution in [1.29, 1.82) is 0 Å². The van der Waals surface area contributed by atoms with Crippen molar-refractivity contribution in [2.45, 2.75) is 6.36 Å². The maximum Gasteiger partial charge on any atom is 0.573 e. The number of carbonyl (C=O) groups excluding carboxylic acids is 1. The molecular formula is C11H6F3NO2S. The summed E-state index contributed by atoms with van der Waals surface area (Å²) in [6, 6.07) is 5.29. The van der Waals surface area contributed by atoms with E-state index in [1.54, 1.807) is 5.38 Å². The quantitative estimate of drug-likeness (QED) is 0.803. The van der Waals surface area contributed by atoms with E-state index in [0.717, 1.165) is 0 Å². The monoisotopic (exact) mass is 273 g/mol. The van der Waals surface area contributed by atoms with Crippen LogP contribution in [-0.4, -0.2) is 17.6 Å². The molecule has 0 aliphatic heterocycles. The van der Waals surface area contributed by atoms with Crippen LogP contribution < -0.4 is 4.74 Å². The smallest absolute Gasteiger partial charge is 0.406 e. The fourth-order valence-corrected chi connectivity index (χ4v) is 1.93. The minimum absolute atomic E-state index is 0.294. The number of thiazole rings is 1. The molecule has 3 nitrogen and oxygen atoms in total. The van der Waals surface area contributed by atoms with Crippen molar-refractivity contribution in [2.24, 2.45) is 0 Å². The lowest BCUT2D eigenvalue weighted by atomic mass is 10.2. The Labute approximate surface area is 104 Å². The molecule has 1 aromatic carbocycles. The zero-order chi connectivity index (χ0) is 13.2. The molecule has 2 aromatic rings. The van der Waals surface area contributed by atoms with Crippen molar-refractivity contribution in [3.05, 3.63) is 34.7 Å². The van der Waals surface area contributed by atoms with Crippen LogP contribution in [0.25, 0.3) is 11.3 Å². The van der Waals surface area contributed by atoms with Crippen LogP contribution >= 0.6 is 11.3 Å². The summed E-state index contributed by atoms with van der Waals surface area (Å²) in [6.07, 6.45) is -4.08. The Balaban J connectivity index is 2.19. The molecule has 0 fully saturated rings. The van der Waals surface area contributed by atoms with Gasteiger partial charge in [0.2, 0.25) is 0 Å². The first kappa shape index (κ1) is 12.6. The molecule has 0 aliphatic carbocycles. The van der Waals surface area contributed by atoms with Crippen LogP contribution in [0.2, 0.25) is 0 Å². The number of aldehydes is 1. The van der Waals surface area contributed by atoms with Crippen LogP contribution in [0.15, 0.2) is 29.6 Å². The summed E-state index contributed by atoms with van der Waals surface area (Å²) in [5, 5.41) is 1.98. The third kappa shape index (κ3) is 3.07. The Kier molecular flexibility index (Phi) is 3.33. The molecule has 1 aromatic heterocycles. The van der Waals surface area contributed by atoms with Crippen molar-refractivity contribution in [3.8, 4) is 17.0 Å². The van der Waals surface area contributed by atoms with Crippen LogP contribution in [0.1, 0.15) is 9.80 Å². The molecule has 0 aliphatic rings. The van der Waals surface area contributed by atoms with Crippen molar-refractivity contribution in [1.82, 2.24) is 4.98 Å². The maximum absolute atomic E-state index is 11.9. The summed E-state index contributed by atoms with van der Waals surface area (Å²) in [7, 11) is 0. The molecule has 0 unspecified atom stereocenters. The highest BCUT2D eigenvalue weighted by molar-refractivity contribution is 7.11. The average molecular weight is 273 g/mol. The predicted molar refractivity (Wildman–Crippen MR) is 59.6 cm³/mol. The molecule has 0 spiro atoms. The third-order valence-corrected chi connectivity index (χ3v) is 2.78. The zero-order valence-electron chi connectivity index (χ0n) is 8.77. The number of rotatable bonds is 3. The summed E-state index contributed by atoms with van der Waals surface area (Å²) in [4.78, 5) is 14.5. The van der Waals surface area contributed by atoms with Gasteiger partial charge < -0.3 is 4.74 Å². The average Bonchev–Trinajstić information content (AvgIpc) is 2.76. The largest absolute Gasteiger partial charge is 0.573 e. The minimum atomic E-state index is -4.70. The van der Waals surface area contributed by atoms with E-state index < -0.39 is 6.36 Å². The van der Waals surface area contributed by atoms with Gasteiger partial charge in [-0.1, -0.05) is 0 Å². The molecule has 0 saturated heterocycles. The maximum atomic E-state index is 11.9. The minimum Gasteiger partial charge on any atom is -0.406 e. The van der Waals surface area contributed by atoms with E-state index >= 15 is 0 Å². The fraction of sp³-hybridized carbons (Fsp3) is 0.0909. The van der Waals surface area contributed by atoms with Gasteiger partial charge in [0.05, 0.1) is 5.69 Å². The van der Waals surface area contributed by atoms with Gasteiger partial charge in [-0.2, -0.15) is 0 Å². The van der Waals surface area contributed by atoms with Crippen molar-refractivity contribution in [2.75, 3.05) is 0 Å². The molecule has 1 heterocycles. The standard InChI is InChI=1S/C11H6F3NO2S/c12-11(13,14)17-8-3-1-7(2-4-8)9-6-18-10(5-16)15-9/h1-6H. The van der Waals surface area contributed by atoms with Gasteiger partial charge in [-0.05, 0) is 24.3 Å². The molecule has 18 heavy (non-hydrogen) atoms. The van der Waals surface area contributed by atoms with E-state index in [0.29, 0.717) is 22.6 Å². The second kappa shape index (κ2) is 4.77. The van der Waals surface area contributed by atoms with Gasteiger partial charge in [-0.25, -0.2) is 4.98 Å². The van der Waals surface area contributed by atoms with E-state index in [4.69, 9.17) is 0 Å². The highest BCUT2D eigenvalue weighted by Crippen LogP contribution is 2.26. The van der Waals surface area contributed by atoms with Gasteiger partial charge in [0, 0.05) is 10.9 Å². The number of hydrogen-bond acceptors (Lipinski definition) is 4. The number of benzene rings is 1. The van der Waals surface area contributed by atoms with Crippen LogP contribution in [0.3, 0.4) is 0 Å². The second-order valence-electron chi connectivity index (χ2n) is 3.26. The number of carbonyl (C=O) groups is 1. The fourth-order valence-electron chi connectivity index (χ4n) is 1.30. The summed E-state index contributed by atoms with van der Waals surface area (Å²) in [6.45, 7) is 0. The van der Waals surface area contributed by atoms with Gasteiger partial charge in [0.15, 0.2) is 11.3 Å². The number of halogens is 3. The molecule has 0 atom stereocenters. The van der Waals surface area contributed by atoms with Gasteiger partial charge in [0.25, 0.3) is 0 Å². The first-order valence-corrected chi connectivity index (χ1v) is 5.63. The lowest BCUT2D eigenvalue weighted by molar-refractivity contribution is -0.274. The predicted octanol–water partition coefficient (Wildman–Crippen LogP) is 3.52. The van der Waals surface area contributed by atoms with Gasteiger partial charge >= 0.3 is 6.36 Å². The Hall–Kier alpha value is -1.89. The molecule has 7 heteroatoms. The molecule has 0 radical (unpaired) electrons. The lowest BCUT2D eigenvalue weighted by Gasteiger charge is -2.08. The summed E-state index contributed by atoms with van der Waals surface area (Å²) < 4.78 is 39.6. The number of ether oxygens (including phenoxy) is 1. The molecule has 0 saturated carbocycles. The highest BCUT2D eigenvalue weighted by Gasteiger charge is 2.30. The van der Waals surface area contributed by atoms with E-state index in [9.17, 15) is 18.0 Å². The van der Waals surface area contributed by atoms with Crippen molar-refractivity contribution in [3.63, 3.8) is 0 Å². The van der Waals surface area contributed by atoms with Crippen LogP contribution in [-0.2, 0) is 0 Å². The Morgan fingerprint density at radius 2 is 1.89 bits per heavy atom. The van der Waals surface area contributed by atoms with E-state index in [-0.39, 0.29) is 5.75 Å². The van der Waals surface area contributed by atoms with Gasteiger partial charge in [-0.3, -0.25) is 4.79 Å². The van der Waals surface area contributed by atoms with Crippen LogP contribution in [0.4, 0.5) is 13.2 Å². The molecule has 2 rings (SSSR count). The van der Waals surface area contributed by atoms with Crippen molar-refractivity contribution < 1.29 is 22.7 Å². The number of hydrogen-bond donors (Lipinski definition) is 0. The number of aromatic nitrogens is 1. The Bertz CT molecular complexity index is 548. The topological polar surface area (TPSA) is 39.2 Å². The Morgan fingerprint density at radius 1 is 1.22 bits per heavy atom. The molecule has 0 amide bonds. The third-order valence-electron chi connectivity index (χ3n) is 2.01. The van der Waals surface area contributed by atoms with E-state index in [1.165, 1.54) is 35.6 Å². The first-order chi connectivity index (χ1) is 8.48. The molecule has 0 N–H and O–H groups in total. The van der Waals surface area contributed by atoms with Gasteiger partial charge in [-0.15, -0.1) is 24.5 Å². The van der Waals surface area contributed by atoms with Crippen molar-refractivity contribution >= 4 is 17.6 Å². The highest BCUT2D eigenvalue weighted by atomic mass is 32.1. The Morgan fingerprint density at radius 3 is 2.39 bits per heavy atom. The second-order valence-corrected chi connectivity index (χ2v) is 4.15. The first-order valence-electron chi connectivity index (χ1n) is 4.75. The normalized spacial score (nSPS) is 11.3. The summed E-state index contributed by atoms with van der Waals surface area (Å²) >= 11 is 1.17. The molecular weight excluding hydrogens is 267 g/mol.